The average molecular weight is 110 g/mol. The summed E-state index contributed by atoms with van der Waals surface area (Å²) in [4.78, 5) is 12.4. The van der Waals surface area contributed by atoms with Gasteiger partial charge in [0.2, 0.25) is 8.38 Å². The topological polar surface area (TPSA) is 38.7 Å². The summed E-state index contributed by atoms with van der Waals surface area (Å²) >= 11 is 0. The Morgan fingerprint density at radius 1 is 1.67 bits per heavy atom. The van der Waals surface area contributed by atoms with E-state index in [4.69, 9.17) is 4.89 Å². The summed E-state index contributed by atoms with van der Waals surface area (Å²) in [6, 6.07) is 0. The Labute approximate surface area is 37.7 Å². The van der Waals surface area contributed by atoms with Crippen molar-refractivity contribution in [3.63, 3.8) is 0 Å². The summed E-state index contributed by atoms with van der Waals surface area (Å²) in [5, 5.41) is 0. The van der Waals surface area contributed by atoms with Gasteiger partial charge in [0.05, 0.1) is 7.11 Å². The molecule has 0 radical (unpaired) electrons. The zero-order chi connectivity index (χ0) is 4.99. The van der Waals surface area contributed by atoms with Gasteiger partial charge in [-0.3, -0.25) is 0 Å². The fourth-order valence-electron chi connectivity index (χ4n) is 0.108. The molecule has 0 aliphatic rings. The Kier molecular flexibility index (Phi) is 3.68. The van der Waals surface area contributed by atoms with Crippen molar-refractivity contribution in [1.82, 2.24) is 0 Å². The van der Waals surface area contributed by atoms with Gasteiger partial charge in [0, 0.05) is 6.66 Å². The minimum atomic E-state index is -1.32. The van der Waals surface area contributed by atoms with E-state index >= 15 is 0 Å². The molecule has 0 saturated heterocycles. The van der Waals surface area contributed by atoms with Gasteiger partial charge in [-0.05, 0) is 0 Å². The van der Waals surface area contributed by atoms with Crippen LogP contribution in [0.15, 0.2) is 0 Å². The third-order valence-electron chi connectivity index (χ3n) is 0.182. The van der Waals surface area contributed by atoms with Gasteiger partial charge < -0.3 is 4.89 Å². The molecule has 0 aromatic heterocycles. The van der Waals surface area contributed by atoms with Gasteiger partial charge >= 0.3 is 0 Å². The van der Waals surface area contributed by atoms with Gasteiger partial charge in [-0.2, -0.15) is 4.67 Å². The molecule has 3 nitrogen and oxygen atoms in total. The summed E-state index contributed by atoms with van der Waals surface area (Å²) in [6.45, 7) is 1.53. The van der Waals surface area contributed by atoms with E-state index in [1.165, 1.54) is 13.8 Å². The average Bonchev–Trinajstić information content (AvgIpc) is 1.35. The van der Waals surface area contributed by atoms with Crippen molar-refractivity contribution in [1.29, 1.82) is 0 Å². The van der Waals surface area contributed by atoms with Crippen LogP contribution < -0.4 is 0 Å². The van der Waals surface area contributed by atoms with Crippen molar-refractivity contribution in [2.45, 2.75) is 0 Å². The highest BCUT2D eigenvalue weighted by molar-refractivity contribution is 7.45. The van der Waals surface area contributed by atoms with Crippen LogP contribution in [0.5, 0.6) is 0 Å². The molecule has 1 atom stereocenters. The molecule has 0 fully saturated rings. The molecule has 0 saturated carbocycles. The zero-order valence-corrected chi connectivity index (χ0v) is 4.61. The van der Waals surface area contributed by atoms with Gasteiger partial charge in [0.15, 0.2) is 0 Å². The Bertz CT molecular complexity index is 30.0. The van der Waals surface area contributed by atoms with E-state index in [0.29, 0.717) is 0 Å². The molecule has 0 aromatic rings. The second-order valence-corrected chi connectivity index (χ2v) is 1.78. The highest BCUT2D eigenvalue weighted by Gasteiger charge is 1.89. The maximum Gasteiger partial charge on any atom is 0.202 e. The molecule has 0 aliphatic carbocycles. The minimum absolute atomic E-state index is 1.32. The third-order valence-corrected chi connectivity index (χ3v) is 0.547. The van der Waals surface area contributed by atoms with Crippen molar-refractivity contribution in [2.75, 3.05) is 13.8 Å². The second-order valence-electron chi connectivity index (χ2n) is 0.705. The molecule has 0 aromatic carbocycles. The predicted molar refractivity (Wildman–Crippen MR) is 23.2 cm³/mol. The quantitative estimate of drug-likeness (QED) is 0.319. The Morgan fingerprint density at radius 2 is 2.17 bits per heavy atom. The van der Waals surface area contributed by atoms with E-state index < -0.39 is 8.38 Å². The van der Waals surface area contributed by atoms with E-state index in [-0.39, 0.29) is 0 Å². The fourth-order valence-corrected chi connectivity index (χ4v) is 0.324. The SMILES string of the molecule is COOP(C)O. The van der Waals surface area contributed by atoms with Crippen LogP contribution in [0.25, 0.3) is 0 Å². The molecule has 0 aliphatic heterocycles. The van der Waals surface area contributed by atoms with Crippen molar-refractivity contribution < 1.29 is 14.5 Å². The van der Waals surface area contributed by atoms with Crippen molar-refractivity contribution in [3.05, 3.63) is 0 Å². The Balaban J connectivity index is 2.63. The molecular weight excluding hydrogens is 103 g/mol. The van der Waals surface area contributed by atoms with Gasteiger partial charge in [-0.25, -0.2) is 4.89 Å². The number of rotatable bonds is 2. The van der Waals surface area contributed by atoms with E-state index in [9.17, 15) is 0 Å². The molecule has 1 unspecified atom stereocenters. The molecule has 6 heavy (non-hydrogen) atoms. The van der Waals surface area contributed by atoms with Crippen LogP contribution >= 0.6 is 8.38 Å². The lowest BCUT2D eigenvalue weighted by Gasteiger charge is -1.96. The van der Waals surface area contributed by atoms with Crippen LogP contribution in [0.4, 0.5) is 0 Å². The molecule has 0 heterocycles. The largest absolute Gasteiger partial charge is 0.348 e. The lowest BCUT2D eigenvalue weighted by Crippen LogP contribution is -1.77. The van der Waals surface area contributed by atoms with Crippen molar-refractivity contribution in [2.24, 2.45) is 0 Å². The minimum Gasteiger partial charge on any atom is -0.348 e. The summed E-state index contributed by atoms with van der Waals surface area (Å²) in [5.74, 6) is 0. The number of hydrogen-bond acceptors (Lipinski definition) is 3. The van der Waals surface area contributed by atoms with Crippen LogP contribution in [0.3, 0.4) is 0 Å². The van der Waals surface area contributed by atoms with Gasteiger partial charge in [0.1, 0.15) is 0 Å². The van der Waals surface area contributed by atoms with Gasteiger partial charge in [0.25, 0.3) is 0 Å². The van der Waals surface area contributed by atoms with Crippen molar-refractivity contribution in [3.8, 4) is 0 Å². The van der Waals surface area contributed by atoms with Gasteiger partial charge in [-0.15, -0.1) is 0 Å². The highest BCUT2D eigenvalue weighted by atomic mass is 31.2. The molecule has 1 N–H and O–H groups in total. The first-order valence-corrected chi connectivity index (χ1v) is 3.06. The highest BCUT2D eigenvalue weighted by Crippen LogP contribution is 2.23. The molecule has 4 heteroatoms. The Hall–Kier alpha value is 0.310. The van der Waals surface area contributed by atoms with Gasteiger partial charge in [-0.1, -0.05) is 0 Å². The first-order chi connectivity index (χ1) is 2.77. The van der Waals surface area contributed by atoms with E-state index in [1.54, 1.807) is 0 Å². The first-order valence-electron chi connectivity index (χ1n) is 1.40. The molecular formula is C2H7O3P. The lowest BCUT2D eigenvalue weighted by atomic mass is 11.8. The molecule has 0 spiro atoms. The van der Waals surface area contributed by atoms with E-state index in [0.717, 1.165) is 0 Å². The zero-order valence-electron chi connectivity index (χ0n) is 3.71. The lowest BCUT2D eigenvalue weighted by molar-refractivity contribution is -0.176. The standard InChI is InChI=1S/C2H7O3P/c1-4-5-6(2)3/h3H,1-2H3. The summed E-state index contributed by atoms with van der Waals surface area (Å²) in [7, 11) is 0.0334. The molecule has 0 amide bonds. The van der Waals surface area contributed by atoms with Crippen LogP contribution in [0.1, 0.15) is 0 Å². The van der Waals surface area contributed by atoms with Crippen LogP contribution in [0, 0.1) is 0 Å². The van der Waals surface area contributed by atoms with E-state index in [2.05, 4.69) is 9.56 Å². The summed E-state index contributed by atoms with van der Waals surface area (Å²) < 4.78 is 4.16. The predicted octanol–water partition coefficient (Wildman–Crippen LogP) is 0.498. The third kappa shape index (κ3) is 4.31. The fraction of sp³-hybridized carbons (Fsp3) is 1.00. The Morgan fingerprint density at radius 3 is 2.17 bits per heavy atom. The molecule has 0 rings (SSSR count). The molecule has 38 valence electrons. The summed E-state index contributed by atoms with van der Waals surface area (Å²) in [6.07, 6.45) is 0. The number of hydrogen-bond donors (Lipinski definition) is 1. The van der Waals surface area contributed by atoms with E-state index in [1.807, 2.05) is 0 Å². The molecule has 0 bridgehead atoms. The monoisotopic (exact) mass is 110 g/mol. The second kappa shape index (κ2) is 3.50. The maximum atomic E-state index is 8.27. The van der Waals surface area contributed by atoms with Crippen LogP contribution in [-0.4, -0.2) is 18.7 Å². The van der Waals surface area contributed by atoms with Crippen LogP contribution in [-0.2, 0) is 9.56 Å². The maximum absolute atomic E-state index is 8.27. The van der Waals surface area contributed by atoms with Crippen molar-refractivity contribution >= 4 is 8.38 Å². The van der Waals surface area contributed by atoms with Crippen LogP contribution in [0.2, 0.25) is 0 Å². The smallest absolute Gasteiger partial charge is 0.202 e. The summed E-state index contributed by atoms with van der Waals surface area (Å²) in [5.41, 5.74) is 0. The first kappa shape index (κ1) is 6.31. The normalized spacial score (nSPS) is 14.5.